The van der Waals surface area contributed by atoms with Crippen LogP contribution in [0.15, 0.2) is 72.8 Å². The van der Waals surface area contributed by atoms with Gasteiger partial charge in [-0.25, -0.2) is 9.97 Å². The smallest absolute Gasteiger partial charge is 0.308 e. The molecule has 6 heteroatoms. The molecule has 1 aromatic heterocycles. The first-order valence-corrected chi connectivity index (χ1v) is 10.7. The number of carbonyl (C=O) groups is 2. The molecule has 34 heavy (non-hydrogen) atoms. The second-order valence-electron chi connectivity index (χ2n) is 7.47. The zero-order valence-corrected chi connectivity index (χ0v) is 18.8. The van der Waals surface area contributed by atoms with E-state index in [2.05, 4.69) is 0 Å². The zero-order valence-electron chi connectivity index (χ0n) is 18.8. The number of hydrogen-bond acceptors (Lipinski definition) is 6. The number of esters is 2. The third-order valence-corrected chi connectivity index (χ3v) is 4.78. The maximum absolute atomic E-state index is 11.1. The molecule has 0 bridgehead atoms. The Morgan fingerprint density at radius 3 is 1.32 bits per heavy atom. The van der Waals surface area contributed by atoms with E-state index in [4.69, 9.17) is 19.4 Å². The minimum Gasteiger partial charge on any atom is -0.427 e. The van der Waals surface area contributed by atoms with Crippen LogP contribution in [0.1, 0.15) is 36.4 Å². The predicted molar refractivity (Wildman–Crippen MR) is 133 cm³/mol. The van der Waals surface area contributed by atoms with Gasteiger partial charge in [0.1, 0.15) is 11.5 Å². The van der Waals surface area contributed by atoms with Crippen molar-refractivity contribution in [2.24, 2.45) is 0 Å². The molecule has 0 saturated carbocycles. The largest absolute Gasteiger partial charge is 0.427 e. The molecule has 0 radical (unpaired) electrons. The molecule has 6 nitrogen and oxygen atoms in total. The molecule has 0 aliphatic rings. The molecule has 0 fully saturated rings. The molecule has 0 saturated heterocycles. The first kappa shape index (κ1) is 22.6. The first-order chi connectivity index (χ1) is 16.5. The van der Waals surface area contributed by atoms with Crippen molar-refractivity contribution < 1.29 is 19.1 Å². The lowest BCUT2D eigenvalue weighted by Gasteiger charge is -2.05. The number of para-hydroxylation sites is 2. The van der Waals surface area contributed by atoms with Crippen LogP contribution in [0.2, 0.25) is 0 Å². The summed E-state index contributed by atoms with van der Waals surface area (Å²) in [5.74, 6) is 0.288. The van der Waals surface area contributed by atoms with Gasteiger partial charge in [-0.15, -0.1) is 0 Å². The molecule has 1 heterocycles. The second kappa shape index (κ2) is 10.4. The van der Waals surface area contributed by atoms with Gasteiger partial charge in [0.25, 0.3) is 0 Å². The number of fused-ring (bicyclic) bond motifs is 1. The van der Waals surface area contributed by atoms with Crippen molar-refractivity contribution in [2.45, 2.75) is 13.8 Å². The first-order valence-electron chi connectivity index (χ1n) is 10.7. The number of rotatable bonds is 6. The Balaban J connectivity index is 1.62. The molecule has 0 atom stereocenters. The topological polar surface area (TPSA) is 78.4 Å². The van der Waals surface area contributed by atoms with E-state index in [0.29, 0.717) is 11.5 Å². The Hall–Kier alpha value is -4.58. The summed E-state index contributed by atoms with van der Waals surface area (Å²) in [6, 6.07) is 22.1. The van der Waals surface area contributed by atoms with Crippen LogP contribution in [0.4, 0.5) is 0 Å². The Morgan fingerprint density at radius 1 is 0.588 bits per heavy atom. The Labute approximate surface area is 197 Å². The standard InChI is InChI=1S/C28H22N2O4/c1-19(31)33-23-13-7-21(8-14-23)11-17-27-28(30-26-6-4-3-5-25(26)29-27)18-12-22-9-15-24(16-10-22)34-20(2)32/h3-18H,1-2H3. The van der Waals surface area contributed by atoms with Crippen LogP contribution < -0.4 is 9.47 Å². The molecule has 0 spiro atoms. The second-order valence-corrected chi connectivity index (χ2v) is 7.47. The summed E-state index contributed by atoms with van der Waals surface area (Å²) in [4.78, 5) is 31.8. The third kappa shape index (κ3) is 6.01. The fourth-order valence-corrected chi connectivity index (χ4v) is 3.25. The summed E-state index contributed by atoms with van der Waals surface area (Å²) >= 11 is 0. The van der Waals surface area contributed by atoms with Crippen LogP contribution in [0.3, 0.4) is 0 Å². The van der Waals surface area contributed by atoms with E-state index in [0.717, 1.165) is 33.5 Å². The van der Waals surface area contributed by atoms with Gasteiger partial charge in [0.2, 0.25) is 0 Å². The maximum atomic E-state index is 11.1. The number of nitrogens with zero attached hydrogens (tertiary/aromatic N) is 2. The Kier molecular flexibility index (Phi) is 6.89. The van der Waals surface area contributed by atoms with Crippen molar-refractivity contribution in [3.05, 3.63) is 95.3 Å². The summed E-state index contributed by atoms with van der Waals surface area (Å²) < 4.78 is 10.2. The lowest BCUT2D eigenvalue weighted by molar-refractivity contribution is -0.132. The van der Waals surface area contributed by atoms with Gasteiger partial charge < -0.3 is 9.47 Å². The molecule has 0 N–H and O–H groups in total. The third-order valence-electron chi connectivity index (χ3n) is 4.78. The molecule has 0 amide bonds. The molecular weight excluding hydrogens is 428 g/mol. The number of aromatic nitrogens is 2. The predicted octanol–water partition coefficient (Wildman–Crippen LogP) is 5.82. The molecule has 3 aromatic carbocycles. The van der Waals surface area contributed by atoms with E-state index in [-0.39, 0.29) is 11.9 Å². The van der Waals surface area contributed by atoms with E-state index in [1.54, 1.807) is 24.3 Å². The summed E-state index contributed by atoms with van der Waals surface area (Å²) in [5.41, 5.74) is 4.90. The average Bonchev–Trinajstić information content (AvgIpc) is 2.82. The van der Waals surface area contributed by atoms with Gasteiger partial charge in [-0.3, -0.25) is 9.59 Å². The lowest BCUT2D eigenvalue weighted by atomic mass is 10.1. The van der Waals surface area contributed by atoms with E-state index in [9.17, 15) is 9.59 Å². The summed E-state index contributed by atoms with van der Waals surface area (Å²) in [6.07, 6.45) is 7.68. The summed E-state index contributed by atoms with van der Waals surface area (Å²) in [6.45, 7) is 2.74. The Morgan fingerprint density at radius 2 is 0.971 bits per heavy atom. The number of carbonyl (C=O) groups excluding carboxylic acids is 2. The SMILES string of the molecule is CC(=O)Oc1ccc(C=Cc2nc3ccccc3nc2C=Cc2ccc(OC(C)=O)cc2)cc1. The monoisotopic (exact) mass is 450 g/mol. The number of benzene rings is 3. The zero-order chi connectivity index (χ0) is 23.9. The summed E-state index contributed by atoms with van der Waals surface area (Å²) in [7, 11) is 0. The van der Waals surface area contributed by atoms with E-state index in [1.807, 2.05) is 72.8 Å². The van der Waals surface area contributed by atoms with Crippen molar-refractivity contribution in [1.29, 1.82) is 0 Å². The molecule has 0 aliphatic heterocycles. The minimum atomic E-state index is -0.354. The molecule has 168 valence electrons. The van der Waals surface area contributed by atoms with Crippen molar-refractivity contribution >= 4 is 47.3 Å². The van der Waals surface area contributed by atoms with Crippen LogP contribution in [-0.4, -0.2) is 21.9 Å². The highest BCUT2D eigenvalue weighted by Gasteiger charge is 2.05. The Bertz CT molecular complexity index is 1280. The molecule has 4 aromatic rings. The van der Waals surface area contributed by atoms with Crippen molar-refractivity contribution in [1.82, 2.24) is 9.97 Å². The molecule has 0 aliphatic carbocycles. The highest BCUT2D eigenvalue weighted by Crippen LogP contribution is 2.20. The highest BCUT2D eigenvalue weighted by molar-refractivity contribution is 5.83. The van der Waals surface area contributed by atoms with E-state index < -0.39 is 0 Å². The maximum Gasteiger partial charge on any atom is 0.308 e. The van der Waals surface area contributed by atoms with Gasteiger partial charge >= 0.3 is 11.9 Å². The van der Waals surface area contributed by atoms with Crippen LogP contribution in [0.25, 0.3) is 35.3 Å². The highest BCUT2D eigenvalue weighted by atomic mass is 16.5. The van der Waals surface area contributed by atoms with Crippen LogP contribution in [-0.2, 0) is 9.59 Å². The fourth-order valence-electron chi connectivity index (χ4n) is 3.25. The van der Waals surface area contributed by atoms with E-state index in [1.165, 1.54) is 13.8 Å². The normalized spacial score (nSPS) is 11.2. The fraction of sp³-hybridized carbons (Fsp3) is 0.0714. The molecular formula is C28H22N2O4. The van der Waals surface area contributed by atoms with Gasteiger partial charge in [0.15, 0.2) is 0 Å². The van der Waals surface area contributed by atoms with Crippen LogP contribution in [0, 0.1) is 0 Å². The number of ether oxygens (including phenoxy) is 2. The average molecular weight is 450 g/mol. The molecule has 4 rings (SSSR count). The summed E-state index contributed by atoms with van der Waals surface area (Å²) in [5, 5.41) is 0. The van der Waals surface area contributed by atoms with Crippen molar-refractivity contribution in [2.75, 3.05) is 0 Å². The van der Waals surface area contributed by atoms with Gasteiger partial charge in [-0.1, -0.05) is 48.6 Å². The van der Waals surface area contributed by atoms with Gasteiger partial charge in [0, 0.05) is 13.8 Å². The van der Waals surface area contributed by atoms with Gasteiger partial charge in [-0.05, 0) is 59.7 Å². The minimum absolute atomic E-state index is 0.354. The van der Waals surface area contributed by atoms with Crippen molar-refractivity contribution in [3.8, 4) is 11.5 Å². The van der Waals surface area contributed by atoms with Gasteiger partial charge in [-0.2, -0.15) is 0 Å². The quantitative estimate of drug-likeness (QED) is 0.272. The van der Waals surface area contributed by atoms with E-state index >= 15 is 0 Å². The van der Waals surface area contributed by atoms with Crippen LogP contribution >= 0.6 is 0 Å². The van der Waals surface area contributed by atoms with Gasteiger partial charge in [0.05, 0.1) is 22.4 Å². The lowest BCUT2D eigenvalue weighted by Crippen LogP contribution is -2.00. The van der Waals surface area contributed by atoms with Crippen molar-refractivity contribution in [3.63, 3.8) is 0 Å². The molecule has 0 unspecified atom stereocenters. The number of hydrogen-bond donors (Lipinski definition) is 0. The van der Waals surface area contributed by atoms with Crippen LogP contribution in [0.5, 0.6) is 11.5 Å².